The number of hydrogen-bond donors (Lipinski definition) is 0. The first-order valence-corrected chi connectivity index (χ1v) is 5.18. The third-order valence-corrected chi connectivity index (χ3v) is 1.63. The van der Waals surface area contributed by atoms with Gasteiger partial charge in [-0.2, -0.15) is 0 Å². The second-order valence-corrected chi connectivity index (χ2v) is 3.18. The van der Waals surface area contributed by atoms with Crippen LogP contribution in [0.5, 0.6) is 0 Å². The van der Waals surface area contributed by atoms with Crippen LogP contribution < -0.4 is 0 Å². The minimum Gasteiger partial charge on any atom is -0.300 e. The van der Waals surface area contributed by atoms with Crippen LogP contribution >= 0.6 is 0 Å². The molecule has 0 N–H and O–H groups in total. The van der Waals surface area contributed by atoms with Gasteiger partial charge >= 0.3 is 0 Å². The van der Waals surface area contributed by atoms with E-state index in [9.17, 15) is 4.79 Å². The van der Waals surface area contributed by atoms with E-state index in [1.807, 2.05) is 20.8 Å². The van der Waals surface area contributed by atoms with Gasteiger partial charge in [0.2, 0.25) is 0 Å². The molecule has 0 spiro atoms. The number of carbonyl (C=O) groups is 1. The molecule has 0 heterocycles. The molecule has 0 saturated carbocycles. The quantitative estimate of drug-likeness (QED) is 0.616. The first-order valence-electron chi connectivity index (χ1n) is 5.18. The summed E-state index contributed by atoms with van der Waals surface area (Å²) in [6.45, 7) is 10.3. The molecule has 0 saturated heterocycles. The Hall–Kier alpha value is -0.330. The molecule has 0 aliphatic rings. The second-order valence-electron chi connectivity index (χ2n) is 3.18. The maximum Gasteiger partial charge on any atom is 0.132 e. The predicted octanol–water partition coefficient (Wildman–Crippen LogP) is 3.82. The average Bonchev–Trinajstić information content (AvgIpc) is 2.07. The molecule has 0 aliphatic carbocycles. The third-order valence-electron chi connectivity index (χ3n) is 1.63. The summed E-state index contributed by atoms with van der Waals surface area (Å²) < 4.78 is 0. The van der Waals surface area contributed by atoms with Crippen molar-refractivity contribution in [2.75, 3.05) is 0 Å². The van der Waals surface area contributed by atoms with Gasteiger partial charge in [0.1, 0.15) is 5.78 Å². The van der Waals surface area contributed by atoms with Gasteiger partial charge in [-0.3, -0.25) is 4.79 Å². The lowest BCUT2D eigenvalue weighted by molar-refractivity contribution is -0.118. The fraction of sp³-hybridized carbons (Fsp3) is 0.909. The molecule has 0 unspecified atom stereocenters. The highest BCUT2D eigenvalue weighted by molar-refractivity contribution is 5.77. The van der Waals surface area contributed by atoms with Crippen molar-refractivity contribution in [3.05, 3.63) is 0 Å². The van der Waals surface area contributed by atoms with Crippen molar-refractivity contribution >= 4 is 5.78 Å². The molecule has 0 atom stereocenters. The topological polar surface area (TPSA) is 17.1 Å². The van der Waals surface area contributed by atoms with Crippen molar-refractivity contribution in [2.24, 2.45) is 5.92 Å². The Morgan fingerprint density at radius 1 is 1.25 bits per heavy atom. The van der Waals surface area contributed by atoms with E-state index in [4.69, 9.17) is 0 Å². The second kappa shape index (κ2) is 10.7. The highest BCUT2D eigenvalue weighted by atomic mass is 16.1. The van der Waals surface area contributed by atoms with Crippen LogP contribution in [-0.4, -0.2) is 5.78 Å². The first kappa shape index (κ1) is 14.2. The summed E-state index contributed by atoms with van der Waals surface area (Å²) in [5.41, 5.74) is 0. The normalized spacial score (nSPS) is 9.17. The van der Waals surface area contributed by atoms with E-state index < -0.39 is 0 Å². The molecule has 0 radical (unpaired) electrons. The minimum atomic E-state index is 0.403. The van der Waals surface area contributed by atoms with Gasteiger partial charge in [-0.25, -0.2) is 0 Å². The first-order chi connectivity index (χ1) is 5.66. The molecule has 0 bridgehead atoms. The highest BCUT2D eigenvalue weighted by Crippen LogP contribution is 2.06. The van der Waals surface area contributed by atoms with E-state index in [0.29, 0.717) is 12.2 Å². The summed E-state index contributed by atoms with van der Waals surface area (Å²) in [6, 6.07) is 0. The zero-order valence-corrected chi connectivity index (χ0v) is 9.31. The predicted molar refractivity (Wildman–Crippen MR) is 55.3 cm³/mol. The van der Waals surface area contributed by atoms with Crippen LogP contribution in [0.3, 0.4) is 0 Å². The van der Waals surface area contributed by atoms with Gasteiger partial charge in [-0.1, -0.05) is 41.0 Å². The standard InChI is InChI=1S/C9H18O.C2H6/c1-4-9(10)7-5-6-8(2)3;1-2/h8H,4-7H2,1-3H3;1-2H3. The van der Waals surface area contributed by atoms with Crippen LogP contribution in [-0.2, 0) is 4.79 Å². The molecule has 0 aromatic heterocycles. The smallest absolute Gasteiger partial charge is 0.132 e. The summed E-state index contributed by atoms with van der Waals surface area (Å²) in [4.78, 5) is 10.8. The summed E-state index contributed by atoms with van der Waals surface area (Å²) >= 11 is 0. The Morgan fingerprint density at radius 2 is 1.75 bits per heavy atom. The molecule has 0 aliphatic heterocycles. The van der Waals surface area contributed by atoms with Gasteiger partial charge in [0.15, 0.2) is 0 Å². The Bertz CT molecular complexity index is 95.2. The molecule has 0 amide bonds. The van der Waals surface area contributed by atoms with Gasteiger partial charge in [-0.05, 0) is 12.3 Å². The van der Waals surface area contributed by atoms with Crippen molar-refractivity contribution in [2.45, 2.75) is 60.3 Å². The van der Waals surface area contributed by atoms with Crippen LogP contribution in [0.1, 0.15) is 60.3 Å². The van der Waals surface area contributed by atoms with E-state index in [-0.39, 0.29) is 0 Å². The van der Waals surface area contributed by atoms with Crippen molar-refractivity contribution in [3.63, 3.8) is 0 Å². The summed E-state index contributed by atoms with van der Waals surface area (Å²) in [6.07, 6.45) is 3.75. The molecule has 0 rings (SSSR count). The van der Waals surface area contributed by atoms with Gasteiger partial charge in [-0.15, -0.1) is 0 Å². The molecule has 74 valence electrons. The number of ketones is 1. The molecule has 12 heavy (non-hydrogen) atoms. The highest BCUT2D eigenvalue weighted by Gasteiger charge is 1.98. The van der Waals surface area contributed by atoms with Crippen LogP contribution in [0, 0.1) is 5.92 Å². The number of Topliss-reactive ketones (excluding diaryl/α,β-unsaturated/α-hetero) is 1. The van der Waals surface area contributed by atoms with Crippen LogP contribution in [0.15, 0.2) is 0 Å². The van der Waals surface area contributed by atoms with Gasteiger partial charge in [0.05, 0.1) is 0 Å². The fourth-order valence-corrected chi connectivity index (χ4v) is 0.884. The van der Waals surface area contributed by atoms with Crippen molar-refractivity contribution < 1.29 is 4.79 Å². The Kier molecular flexibility index (Phi) is 12.6. The summed E-state index contributed by atoms with van der Waals surface area (Å²) in [7, 11) is 0. The number of hydrogen-bond acceptors (Lipinski definition) is 1. The lowest BCUT2D eigenvalue weighted by Gasteiger charge is -2.01. The zero-order valence-electron chi connectivity index (χ0n) is 9.31. The molecule has 1 nitrogen and oxygen atoms in total. The van der Waals surface area contributed by atoms with Crippen molar-refractivity contribution in [1.82, 2.24) is 0 Å². The Balaban J connectivity index is 0. The van der Waals surface area contributed by atoms with E-state index in [1.165, 1.54) is 6.42 Å². The van der Waals surface area contributed by atoms with Gasteiger partial charge in [0, 0.05) is 12.8 Å². The molecule has 1 heteroatoms. The number of carbonyl (C=O) groups excluding carboxylic acids is 1. The lowest BCUT2D eigenvalue weighted by atomic mass is 10.0. The largest absolute Gasteiger partial charge is 0.300 e. The molecule has 0 fully saturated rings. The molecule has 0 aromatic carbocycles. The van der Waals surface area contributed by atoms with E-state index >= 15 is 0 Å². The maximum atomic E-state index is 10.8. The van der Waals surface area contributed by atoms with E-state index in [0.717, 1.165) is 18.8 Å². The zero-order chi connectivity index (χ0) is 9.98. The molecular formula is C11H24O. The maximum absolute atomic E-state index is 10.8. The van der Waals surface area contributed by atoms with Crippen LogP contribution in [0.4, 0.5) is 0 Å². The lowest BCUT2D eigenvalue weighted by Crippen LogP contribution is -1.96. The van der Waals surface area contributed by atoms with E-state index in [1.54, 1.807) is 0 Å². The monoisotopic (exact) mass is 172 g/mol. The summed E-state index contributed by atoms with van der Waals surface area (Å²) in [5, 5.41) is 0. The SMILES string of the molecule is CC.CCC(=O)CCCC(C)C. The number of rotatable bonds is 5. The Labute approximate surface area is 77.6 Å². The average molecular weight is 172 g/mol. The van der Waals surface area contributed by atoms with Crippen molar-refractivity contribution in [1.29, 1.82) is 0 Å². The molecular weight excluding hydrogens is 148 g/mol. The van der Waals surface area contributed by atoms with Gasteiger partial charge < -0.3 is 0 Å². The van der Waals surface area contributed by atoms with Crippen LogP contribution in [0.2, 0.25) is 0 Å². The van der Waals surface area contributed by atoms with E-state index in [2.05, 4.69) is 13.8 Å². The molecule has 0 aromatic rings. The van der Waals surface area contributed by atoms with Crippen molar-refractivity contribution in [3.8, 4) is 0 Å². The van der Waals surface area contributed by atoms with Crippen LogP contribution in [0.25, 0.3) is 0 Å². The summed E-state index contributed by atoms with van der Waals surface area (Å²) in [5.74, 6) is 1.14. The fourth-order valence-electron chi connectivity index (χ4n) is 0.884. The third kappa shape index (κ3) is 12.4. The van der Waals surface area contributed by atoms with Gasteiger partial charge in [0.25, 0.3) is 0 Å². The Morgan fingerprint density at radius 3 is 2.08 bits per heavy atom. The minimum absolute atomic E-state index is 0.403.